The zero-order valence-corrected chi connectivity index (χ0v) is 18.0. The van der Waals surface area contributed by atoms with Crippen molar-refractivity contribution < 1.29 is 13.6 Å². The standard InChI is InChI=1S/C24H21FN4O4/c1-15-10-11-18(13-20(15)25)29-24(32)28(16(2)17-7-4-3-5-8-17)23(31)21(27-29)22(30)26-14-19-9-6-12-33-19/h3-13,16H,14H2,1-2H3,(H,26,30)/t16-/m1/s1. The van der Waals surface area contributed by atoms with Crippen LogP contribution in [0.25, 0.3) is 5.69 Å². The second-order valence-electron chi connectivity index (χ2n) is 7.50. The number of carbonyl (C=O) groups excluding carboxylic acids is 1. The number of hydrogen-bond acceptors (Lipinski definition) is 5. The number of nitrogens with one attached hydrogen (secondary N) is 1. The minimum Gasteiger partial charge on any atom is -0.467 e. The summed E-state index contributed by atoms with van der Waals surface area (Å²) < 4.78 is 21.2. The summed E-state index contributed by atoms with van der Waals surface area (Å²) in [5, 5.41) is 6.58. The monoisotopic (exact) mass is 448 g/mol. The molecule has 0 saturated heterocycles. The second-order valence-corrected chi connectivity index (χ2v) is 7.50. The molecule has 0 radical (unpaired) electrons. The number of aryl methyl sites for hydroxylation is 1. The molecule has 1 atom stereocenters. The lowest BCUT2D eigenvalue weighted by Crippen LogP contribution is -2.47. The van der Waals surface area contributed by atoms with Gasteiger partial charge in [0.2, 0.25) is 5.69 Å². The third-order valence-corrected chi connectivity index (χ3v) is 5.30. The number of amides is 1. The normalized spacial score (nSPS) is 11.8. The van der Waals surface area contributed by atoms with Crippen LogP contribution < -0.4 is 16.6 Å². The molecule has 168 valence electrons. The van der Waals surface area contributed by atoms with Gasteiger partial charge in [-0.2, -0.15) is 9.78 Å². The number of hydrogen-bond donors (Lipinski definition) is 1. The number of carbonyl (C=O) groups is 1. The van der Waals surface area contributed by atoms with E-state index in [2.05, 4.69) is 10.4 Å². The molecule has 0 saturated carbocycles. The van der Waals surface area contributed by atoms with Gasteiger partial charge in [-0.15, -0.1) is 0 Å². The summed E-state index contributed by atoms with van der Waals surface area (Å²) in [6, 6.07) is 15.7. The Kier molecular flexibility index (Phi) is 6.03. The maximum absolute atomic E-state index is 14.2. The van der Waals surface area contributed by atoms with Crippen LogP contribution in [-0.4, -0.2) is 20.3 Å². The van der Waals surface area contributed by atoms with Gasteiger partial charge in [-0.3, -0.25) is 9.59 Å². The third-order valence-electron chi connectivity index (χ3n) is 5.30. The van der Waals surface area contributed by atoms with E-state index < -0.39 is 34.7 Å². The smallest absolute Gasteiger partial charge is 0.352 e. The summed E-state index contributed by atoms with van der Waals surface area (Å²) in [6.07, 6.45) is 1.46. The summed E-state index contributed by atoms with van der Waals surface area (Å²) in [5.74, 6) is -0.846. The van der Waals surface area contributed by atoms with Crippen molar-refractivity contribution in [3.63, 3.8) is 0 Å². The zero-order chi connectivity index (χ0) is 23.5. The molecule has 2 aromatic carbocycles. The summed E-state index contributed by atoms with van der Waals surface area (Å²) in [5.41, 5.74) is -0.970. The minimum atomic E-state index is -0.850. The lowest BCUT2D eigenvalue weighted by molar-refractivity contribution is 0.0938. The van der Waals surface area contributed by atoms with Crippen molar-refractivity contribution in [2.24, 2.45) is 0 Å². The largest absolute Gasteiger partial charge is 0.467 e. The SMILES string of the molecule is Cc1ccc(-n2nc(C(=O)NCc3ccco3)c(=O)n([C@H](C)c3ccccc3)c2=O)cc1F. The van der Waals surface area contributed by atoms with Crippen molar-refractivity contribution in [3.8, 4) is 5.69 Å². The molecule has 2 aromatic heterocycles. The van der Waals surface area contributed by atoms with Crippen molar-refractivity contribution in [3.05, 3.63) is 116 Å². The van der Waals surface area contributed by atoms with Gasteiger partial charge in [0.15, 0.2) is 0 Å². The van der Waals surface area contributed by atoms with Gasteiger partial charge in [0, 0.05) is 6.07 Å². The highest BCUT2D eigenvalue weighted by Crippen LogP contribution is 2.15. The van der Waals surface area contributed by atoms with E-state index in [9.17, 15) is 18.8 Å². The fourth-order valence-corrected chi connectivity index (χ4v) is 3.40. The molecule has 4 rings (SSSR count). The Labute approximate surface area is 187 Å². The van der Waals surface area contributed by atoms with Crippen LogP contribution in [0, 0.1) is 12.7 Å². The molecule has 0 unspecified atom stereocenters. The van der Waals surface area contributed by atoms with E-state index in [0.29, 0.717) is 16.9 Å². The Morgan fingerprint density at radius 1 is 1.12 bits per heavy atom. The first-order chi connectivity index (χ1) is 15.9. The molecule has 9 heteroatoms. The molecule has 1 N–H and O–H groups in total. The van der Waals surface area contributed by atoms with Crippen LogP contribution in [0.4, 0.5) is 4.39 Å². The highest BCUT2D eigenvalue weighted by Gasteiger charge is 2.24. The fraction of sp³-hybridized carbons (Fsp3) is 0.167. The summed E-state index contributed by atoms with van der Waals surface area (Å²) in [4.78, 5) is 39.4. The fourth-order valence-electron chi connectivity index (χ4n) is 3.40. The van der Waals surface area contributed by atoms with E-state index >= 15 is 0 Å². The summed E-state index contributed by atoms with van der Waals surface area (Å²) in [6.45, 7) is 3.28. The molecule has 0 spiro atoms. The first kappa shape index (κ1) is 21.9. The van der Waals surface area contributed by atoms with Crippen LogP contribution in [0.5, 0.6) is 0 Å². The van der Waals surface area contributed by atoms with Crippen LogP contribution >= 0.6 is 0 Å². The van der Waals surface area contributed by atoms with E-state index in [-0.39, 0.29) is 12.2 Å². The van der Waals surface area contributed by atoms with Gasteiger partial charge in [-0.05, 0) is 43.2 Å². The Bertz CT molecular complexity index is 1410. The van der Waals surface area contributed by atoms with Crippen molar-refractivity contribution in [1.82, 2.24) is 19.7 Å². The Balaban J connectivity index is 1.86. The van der Waals surface area contributed by atoms with Gasteiger partial charge in [-0.1, -0.05) is 36.4 Å². The van der Waals surface area contributed by atoms with E-state index in [1.165, 1.54) is 18.4 Å². The Morgan fingerprint density at radius 3 is 2.55 bits per heavy atom. The van der Waals surface area contributed by atoms with Gasteiger partial charge in [-0.25, -0.2) is 13.8 Å². The molecular weight excluding hydrogens is 427 g/mol. The number of nitrogens with zero attached hydrogens (tertiary/aromatic N) is 3. The highest BCUT2D eigenvalue weighted by atomic mass is 19.1. The first-order valence-corrected chi connectivity index (χ1v) is 10.2. The topological polar surface area (TPSA) is 99.1 Å². The third kappa shape index (κ3) is 4.38. The average Bonchev–Trinajstić information content (AvgIpc) is 3.34. The molecule has 0 aliphatic heterocycles. The van der Waals surface area contributed by atoms with Crippen LogP contribution in [0.3, 0.4) is 0 Å². The maximum Gasteiger partial charge on any atom is 0.352 e. The quantitative estimate of drug-likeness (QED) is 0.489. The van der Waals surface area contributed by atoms with Crippen molar-refractivity contribution in [2.75, 3.05) is 0 Å². The van der Waals surface area contributed by atoms with E-state index in [1.807, 2.05) is 6.07 Å². The lowest BCUT2D eigenvalue weighted by Gasteiger charge is -2.18. The maximum atomic E-state index is 14.2. The first-order valence-electron chi connectivity index (χ1n) is 10.2. The van der Waals surface area contributed by atoms with Crippen LogP contribution in [0.15, 0.2) is 80.9 Å². The van der Waals surface area contributed by atoms with Gasteiger partial charge in [0.05, 0.1) is 24.5 Å². The average molecular weight is 448 g/mol. The van der Waals surface area contributed by atoms with E-state index in [1.54, 1.807) is 50.2 Å². The van der Waals surface area contributed by atoms with Gasteiger partial charge in [0.25, 0.3) is 11.5 Å². The molecular formula is C24H21FN4O4. The number of benzene rings is 2. The molecule has 4 aromatic rings. The van der Waals surface area contributed by atoms with Crippen LogP contribution in [0.1, 0.15) is 40.3 Å². The van der Waals surface area contributed by atoms with E-state index in [0.717, 1.165) is 15.3 Å². The molecule has 1 amide bonds. The van der Waals surface area contributed by atoms with Crippen molar-refractivity contribution >= 4 is 5.91 Å². The summed E-state index contributed by atoms with van der Waals surface area (Å²) in [7, 11) is 0. The molecule has 33 heavy (non-hydrogen) atoms. The zero-order valence-electron chi connectivity index (χ0n) is 18.0. The Hall–Kier alpha value is -4.27. The number of aromatic nitrogens is 3. The molecule has 2 heterocycles. The van der Waals surface area contributed by atoms with Crippen molar-refractivity contribution in [1.29, 1.82) is 0 Å². The molecule has 0 fully saturated rings. The number of furan rings is 1. The van der Waals surface area contributed by atoms with Gasteiger partial charge < -0.3 is 9.73 Å². The predicted molar refractivity (Wildman–Crippen MR) is 119 cm³/mol. The second kappa shape index (κ2) is 9.07. The number of halogens is 1. The van der Waals surface area contributed by atoms with Crippen LogP contribution in [0.2, 0.25) is 0 Å². The highest BCUT2D eigenvalue weighted by molar-refractivity contribution is 5.91. The number of rotatable bonds is 6. The van der Waals surface area contributed by atoms with Crippen LogP contribution in [-0.2, 0) is 6.54 Å². The summed E-state index contributed by atoms with van der Waals surface area (Å²) >= 11 is 0. The predicted octanol–water partition coefficient (Wildman–Crippen LogP) is 2.97. The lowest BCUT2D eigenvalue weighted by atomic mass is 10.1. The molecule has 8 nitrogen and oxygen atoms in total. The van der Waals surface area contributed by atoms with Gasteiger partial charge in [0.1, 0.15) is 11.6 Å². The Morgan fingerprint density at radius 2 is 1.88 bits per heavy atom. The van der Waals surface area contributed by atoms with Gasteiger partial charge >= 0.3 is 5.69 Å². The minimum absolute atomic E-state index is 0.0273. The molecule has 0 aliphatic rings. The molecule has 0 bridgehead atoms. The molecule has 0 aliphatic carbocycles. The van der Waals surface area contributed by atoms with Crippen molar-refractivity contribution in [2.45, 2.75) is 26.4 Å². The van der Waals surface area contributed by atoms with E-state index in [4.69, 9.17) is 4.42 Å².